The maximum Gasteiger partial charge on any atom is 0.240 e. The van der Waals surface area contributed by atoms with Crippen LogP contribution in [0.3, 0.4) is 0 Å². The monoisotopic (exact) mass is 301 g/mol. The summed E-state index contributed by atoms with van der Waals surface area (Å²) in [5, 5.41) is 8.21. The highest BCUT2D eigenvalue weighted by atomic mass is 32.2. The fourth-order valence-corrected chi connectivity index (χ4v) is 2.41. The van der Waals surface area contributed by atoms with Crippen LogP contribution in [-0.4, -0.2) is 28.2 Å². The van der Waals surface area contributed by atoms with E-state index < -0.39 is 10.0 Å². The Morgan fingerprint density at radius 1 is 1.25 bits per heavy atom. The molecule has 0 fully saturated rings. The molecule has 1 aromatic rings. The molecule has 0 heterocycles. The van der Waals surface area contributed by atoms with Gasteiger partial charge in [-0.3, -0.25) is 0 Å². The predicted octanol–water partition coefficient (Wildman–Crippen LogP) is 1.53. The summed E-state index contributed by atoms with van der Waals surface area (Å²) in [5.74, 6) is 0. The minimum Gasteiger partial charge on any atom is -0.399 e. The number of hydrogen-bond donors (Lipinski definition) is 3. The molecule has 20 heavy (non-hydrogen) atoms. The van der Waals surface area contributed by atoms with E-state index in [9.17, 15) is 8.42 Å². The van der Waals surface area contributed by atoms with Crippen LogP contribution in [0.15, 0.2) is 23.1 Å². The number of nitrogen functional groups attached to an aromatic ring is 1. The molecule has 0 saturated carbocycles. The van der Waals surface area contributed by atoms with E-state index in [-0.39, 0.29) is 4.90 Å². The van der Waals surface area contributed by atoms with Gasteiger partial charge in [-0.05, 0) is 31.0 Å². The zero-order valence-corrected chi connectivity index (χ0v) is 12.6. The van der Waals surface area contributed by atoms with Gasteiger partial charge in [-0.2, -0.15) is 0 Å². The van der Waals surface area contributed by atoms with Crippen LogP contribution in [0.2, 0.25) is 0 Å². The first-order valence-corrected chi connectivity index (χ1v) is 8.23. The van der Waals surface area contributed by atoms with E-state index in [1.165, 1.54) is 6.07 Å². The zero-order valence-electron chi connectivity index (χ0n) is 11.8. The first kappa shape index (κ1) is 16.7. The number of hydrogen-bond acceptors (Lipinski definition) is 5. The van der Waals surface area contributed by atoms with Gasteiger partial charge in [-0.15, -0.1) is 0 Å². The summed E-state index contributed by atoms with van der Waals surface area (Å²) in [4.78, 5) is 0.0180. The van der Waals surface area contributed by atoms with Crippen LogP contribution in [0.1, 0.15) is 26.2 Å². The zero-order chi connectivity index (χ0) is 15.0. The average molecular weight is 301 g/mol. The van der Waals surface area contributed by atoms with Crippen molar-refractivity contribution >= 4 is 21.4 Å². The standard InChI is InChI=1S/C13H23N3O3S/c1-2-3-8-19-9-4-7-16-12-6-5-11(14)10-13(12)20(15,17)18/h5-6,10,16H,2-4,7-9,14H2,1H3,(H2,15,17,18). The molecule has 0 atom stereocenters. The van der Waals surface area contributed by atoms with Crippen LogP contribution in [0, 0.1) is 0 Å². The number of anilines is 2. The molecular weight excluding hydrogens is 278 g/mol. The molecule has 114 valence electrons. The molecule has 0 aromatic heterocycles. The second-order valence-corrected chi connectivity index (χ2v) is 6.08. The first-order valence-electron chi connectivity index (χ1n) is 6.69. The van der Waals surface area contributed by atoms with Gasteiger partial charge in [0, 0.05) is 25.4 Å². The SMILES string of the molecule is CCCCOCCCNc1ccc(N)cc1S(N)(=O)=O. The van der Waals surface area contributed by atoms with Gasteiger partial charge in [0.1, 0.15) is 4.90 Å². The van der Waals surface area contributed by atoms with Gasteiger partial charge in [-0.25, -0.2) is 13.6 Å². The van der Waals surface area contributed by atoms with E-state index >= 15 is 0 Å². The van der Waals surface area contributed by atoms with Crippen molar-refractivity contribution in [3.05, 3.63) is 18.2 Å². The molecule has 0 aliphatic rings. The summed E-state index contributed by atoms with van der Waals surface area (Å²) in [6.07, 6.45) is 2.96. The minimum atomic E-state index is -3.78. The molecule has 1 rings (SSSR count). The Labute approximate surface area is 120 Å². The van der Waals surface area contributed by atoms with Gasteiger partial charge in [-0.1, -0.05) is 13.3 Å². The number of benzene rings is 1. The van der Waals surface area contributed by atoms with Crippen LogP contribution < -0.4 is 16.2 Å². The molecule has 5 N–H and O–H groups in total. The quantitative estimate of drug-likeness (QED) is 0.473. The average Bonchev–Trinajstić information content (AvgIpc) is 2.38. The molecule has 0 aliphatic carbocycles. The summed E-state index contributed by atoms with van der Waals surface area (Å²) in [6.45, 7) is 4.13. The summed E-state index contributed by atoms with van der Waals surface area (Å²) in [6, 6.07) is 4.61. The van der Waals surface area contributed by atoms with Gasteiger partial charge in [0.15, 0.2) is 0 Å². The normalized spacial score (nSPS) is 11.5. The number of unbranched alkanes of at least 4 members (excludes halogenated alkanes) is 1. The Morgan fingerprint density at radius 3 is 2.60 bits per heavy atom. The van der Waals surface area contributed by atoms with Crippen LogP contribution in [0.25, 0.3) is 0 Å². The van der Waals surface area contributed by atoms with E-state index in [1.54, 1.807) is 12.1 Å². The Kier molecular flexibility index (Phi) is 6.77. The highest BCUT2D eigenvalue weighted by Gasteiger charge is 2.13. The third kappa shape index (κ3) is 5.77. The van der Waals surface area contributed by atoms with Crippen LogP contribution in [0.4, 0.5) is 11.4 Å². The number of rotatable bonds is 9. The van der Waals surface area contributed by atoms with Crippen molar-refractivity contribution in [1.29, 1.82) is 0 Å². The summed E-state index contributed by atoms with van der Waals surface area (Å²) in [5.41, 5.74) is 6.41. The molecule has 0 saturated heterocycles. The molecule has 0 unspecified atom stereocenters. The van der Waals surface area contributed by atoms with Crippen molar-refractivity contribution in [3.63, 3.8) is 0 Å². The van der Waals surface area contributed by atoms with E-state index in [2.05, 4.69) is 12.2 Å². The minimum absolute atomic E-state index is 0.0180. The lowest BCUT2D eigenvalue weighted by molar-refractivity contribution is 0.131. The van der Waals surface area contributed by atoms with Gasteiger partial charge >= 0.3 is 0 Å². The highest BCUT2D eigenvalue weighted by molar-refractivity contribution is 7.89. The number of primary sulfonamides is 1. The Hall–Kier alpha value is -1.31. The van der Waals surface area contributed by atoms with Crippen LogP contribution in [-0.2, 0) is 14.8 Å². The van der Waals surface area contributed by atoms with Gasteiger partial charge in [0.2, 0.25) is 10.0 Å². The number of ether oxygens (including phenoxy) is 1. The lowest BCUT2D eigenvalue weighted by atomic mass is 10.3. The van der Waals surface area contributed by atoms with E-state index in [0.29, 0.717) is 24.5 Å². The molecule has 1 aromatic carbocycles. The van der Waals surface area contributed by atoms with Crippen molar-refractivity contribution in [2.45, 2.75) is 31.1 Å². The molecule has 0 radical (unpaired) electrons. The molecule has 7 heteroatoms. The second kappa shape index (κ2) is 8.08. The third-order valence-electron chi connectivity index (χ3n) is 2.74. The lowest BCUT2D eigenvalue weighted by Crippen LogP contribution is -2.16. The molecule has 0 spiro atoms. The Balaban J connectivity index is 2.48. The first-order chi connectivity index (χ1) is 9.45. The summed E-state index contributed by atoms with van der Waals surface area (Å²) < 4.78 is 28.4. The maximum absolute atomic E-state index is 11.5. The van der Waals surface area contributed by atoms with Crippen molar-refractivity contribution in [2.24, 2.45) is 5.14 Å². The van der Waals surface area contributed by atoms with Crippen molar-refractivity contribution < 1.29 is 13.2 Å². The predicted molar refractivity (Wildman–Crippen MR) is 81.1 cm³/mol. The van der Waals surface area contributed by atoms with Gasteiger partial charge < -0.3 is 15.8 Å². The smallest absolute Gasteiger partial charge is 0.240 e. The van der Waals surface area contributed by atoms with Crippen molar-refractivity contribution in [1.82, 2.24) is 0 Å². The number of nitrogens with two attached hydrogens (primary N) is 2. The van der Waals surface area contributed by atoms with Gasteiger partial charge in [0.25, 0.3) is 0 Å². The third-order valence-corrected chi connectivity index (χ3v) is 3.69. The van der Waals surface area contributed by atoms with Crippen molar-refractivity contribution in [3.8, 4) is 0 Å². The second-order valence-electron chi connectivity index (χ2n) is 4.55. The Morgan fingerprint density at radius 2 is 1.95 bits per heavy atom. The summed E-state index contributed by atoms with van der Waals surface area (Å²) in [7, 11) is -3.78. The highest BCUT2D eigenvalue weighted by Crippen LogP contribution is 2.22. The van der Waals surface area contributed by atoms with Crippen LogP contribution >= 0.6 is 0 Å². The molecular formula is C13H23N3O3S. The van der Waals surface area contributed by atoms with E-state index in [1.807, 2.05) is 0 Å². The fourth-order valence-electron chi connectivity index (χ4n) is 1.67. The fraction of sp³-hybridized carbons (Fsp3) is 0.538. The molecule has 0 amide bonds. The molecule has 0 bridgehead atoms. The molecule has 6 nitrogen and oxygen atoms in total. The largest absolute Gasteiger partial charge is 0.399 e. The van der Waals surface area contributed by atoms with Crippen LogP contribution in [0.5, 0.6) is 0 Å². The molecule has 0 aliphatic heterocycles. The maximum atomic E-state index is 11.5. The summed E-state index contributed by atoms with van der Waals surface area (Å²) >= 11 is 0. The van der Waals surface area contributed by atoms with Crippen molar-refractivity contribution in [2.75, 3.05) is 30.8 Å². The van der Waals surface area contributed by atoms with E-state index in [4.69, 9.17) is 15.6 Å². The number of sulfonamides is 1. The lowest BCUT2D eigenvalue weighted by Gasteiger charge is -2.11. The number of nitrogens with one attached hydrogen (secondary N) is 1. The van der Waals surface area contributed by atoms with Gasteiger partial charge in [0.05, 0.1) is 5.69 Å². The van der Waals surface area contributed by atoms with E-state index in [0.717, 1.165) is 25.9 Å². The topological polar surface area (TPSA) is 107 Å². The Bertz CT molecular complexity index is 518.